The third kappa shape index (κ3) is 14.7. The highest BCUT2D eigenvalue weighted by Crippen LogP contribution is 2.39. The molecule has 3 N–H and O–H groups in total. The van der Waals surface area contributed by atoms with Crippen LogP contribution < -0.4 is 0 Å². The lowest BCUT2D eigenvalue weighted by atomic mass is 9.71. The lowest BCUT2D eigenvalue weighted by Gasteiger charge is -2.34. The van der Waals surface area contributed by atoms with E-state index in [-0.39, 0.29) is 11.2 Å². The van der Waals surface area contributed by atoms with Crippen molar-refractivity contribution < 1.29 is 20.1 Å². The highest BCUT2D eigenvalue weighted by atomic mass is 16.3. The smallest absolute Gasteiger partial charge is 0.187 e. The lowest BCUT2D eigenvalue weighted by Crippen LogP contribution is -2.35. The third-order valence-electron chi connectivity index (χ3n) is 7.27. The summed E-state index contributed by atoms with van der Waals surface area (Å²) in [7, 11) is 0. The molecule has 2 atom stereocenters. The van der Waals surface area contributed by atoms with E-state index in [9.17, 15) is 20.1 Å². The molecule has 4 nitrogen and oxygen atoms in total. The van der Waals surface area contributed by atoms with Crippen LogP contribution in [-0.4, -0.2) is 38.9 Å². The van der Waals surface area contributed by atoms with Gasteiger partial charge in [-0.2, -0.15) is 0 Å². The van der Waals surface area contributed by atoms with Crippen LogP contribution in [0.25, 0.3) is 0 Å². The van der Waals surface area contributed by atoms with Crippen molar-refractivity contribution in [2.24, 2.45) is 5.41 Å². The molecule has 1 aliphatic carbocycles. The molecular formula is C40H54O4. The molecule has 1 aliphatic rings. The molecule has 0 spiro atoms. The molecule has 0 bridgehead atoms. The molecule has 0 heterocycles. The minimum Gasteiger partial charge on any atom is -0.387 e. The molecule has 238 valence electrons. The van der Waals surface area contributed by atoms with Gasteiger partial charge in [-0.05, 0) is 78.4 Å². The molecule has 0 aromatic rings. The first-order valence-corrected chi connectivity index (χ1v) is 15.2. The summed E-state index contributed by atoms with van der Waals surface area (Å²) in [6.07, 6.45) is 32.4. The summed E-state index contributed by atoms with van der Waals surface area (Å²) < 4.78 is 0. The lowest BCUT2D eigenvalue weighted by molar-refractivity contribution is -0.125. The Morgan fingerprint density at radius 3 is 1.57 bits per heavy atom. The zero-order chi connectivity index (χ0) is 33.5. The fourth-order valence-electron chi connectivity index (χ4n) is 4.37. The Bertz CT molecular complexity index is 1370. The van der Waals surface area contributed by atoms with Crippen molar-refractivity contribution >= 4 is 5.78 Å². The number of carbonyl (C=O) groups excluding carboxylic acids is 1. The quantitative estimate of drug-likeness (QED) is 0.185. The predicted molar refractivity (Wildman–Crippen MR) is 188 cm³/mol. The molecule has 0 radical (unpaired) electrons. The van der Waals surface area contributed by atoms with E-state index in [1.54, 1.807) is 32.9 Å². The van der Waals surface area contributed by atoms with E-state index in [4.69, 9.17) is 0 Å². The van der Waals surface area contributed by atoms with Crippen LogP contribution >= 0.6 is 0 Å². The Balaban J connectivity index is 2.67. The van der Waals surface area contributed by atoms with Crippen LogP contribution in [-0.2, 0) is 4.79 Å². The monoisotopic (exact) mass is 598 g/mol. The van der Waals surface area contributed by atoms with Gasteiger partial charge in [0.2, 0.25) is 0 Å². The van der Waals surface area contributed by atoms with Crippen LogP contribution in [0, 0.1) is 5.41 Å². The Labute approximate surface area is 266 Å². The summed E-state index contributed by atoms with van der Waals surface area (Å²) in [5, 5.41) is 29.7. The molecule has 0 aromatic heterocycles. The molecule has 0 fully saturated rings. The van der Waals surface area contributed by atoms with E-state index in [1.165, 1.54) is 0 Å². The van der Waals surface area contributed by atoms with Gasteiger partial charge in [0.25, 0.3) is 0 Å². The molecule has 0 aromatic carbocycles. The summed E-state index contributed by atoms with van der Waals surface area (Å²) in [6.45, 7) is 19.2. The van der Waals surface area contributed by atoms with Crippen molar-refractivity contribution in [1.29, 1.82) is 0 Å². The van der Waals surface area contributed by atoms with E-state index >= 15 is 0 Å². The zero-order valence-corrected chi connectivity index (χ0v) is 28.4. The number of ketones is 1. The molecule has 0 aliphatic heterocycles. The number of hydrogen-bond donors (Lipinski definition) is 3. The van der Waals surface area contributed by atoms with Crippen molar-refractivity contribution in [3.8, 4) is 0 Å². The van der Waals surface area contributed by atoms with Gasteiger partial charge in [-0.15, -0.1) is 0 Å². The fraction of sp³-hybridized carbons (Fsp3) is 0.375. The normalized spacial score (nSPS) is 21.2. The molecule has 1 rings (SSSR count). The fourth-order valence-corrected chi connectivity index (χ4v) is 4.37. The van der Waals surface area contributed by atoms with Gasteiger partial charge in [-0.1, -0.05) is 145 Å². The Morgan fingerprint density at radius 2 is 1.14 bits per heavy atom. The minimum atomic E-state index is -1.16. The first kappa shape index (κ1) is 38.5. The zero-order valence-electron chi connectivity index (χ0n) is 28.4. The Hall–Kier alpha value is -3.57. The van der Waals surface area contributed by atoms with Crippen molar-refractivity contribution in [2.75, 3.05) is 0 Å². The molecule has 0 unspecified atom stereocenters. The number of Topliss-reactive ketones (excluding diaryl/α,β-unsaturated/α-hetero) is 1. The second kappa shape index (κ2) is 18.3. The topological polar surface area (TPSA) is 77.8 Å². The average Bonchev–Trinajstić information content (AvgIpc) is 2.91. The van der Waals surface area contributed by atoms with E-state index in [0.717, 1.165) is 33.4 Å². The van der Waals surface area contributed by atoms with Gasteiger partial charge in [0.15, 0.2) is 5.78 Å². The Morgan fingerprint density at radius 1 is 0.750 bits per heavy atom. The summed E-state index contributed by atoms with van der Waals surface area (Å²) in [6, 6.07) is 0. The maximum Gasteiger partial charge on any atom is 0.187 e. The average molecular weight is 599 g/mol. The number of aliphatic hydroxyl groups excluding tert-OH is 2. The predicted octanol–water partition coefficient (Wildman–Crippen LogP) is 8.86. The van der Waals surface area contributed by atoms with Crippen molar-refractivity contribution in [1.82, 2.24) is 0 Å². The van der Waals surface area contributed by atoms with Gasteiger partial charge in [0.05, 0.1) is 5.60 Å². The molecule has 4 heteroatoms. The van der Waals surface area contributed by atoms with Crippen LogP contribution in [0.1, 0.15) is 75.7 Å². The SMILES string of the molecule is CC1=C(/C=C/C(C)=C/C=C/C(C)=C/C=C/C=C(C)/C=C/C=C(C)/C=C/C=C(C)/C=C/[C@H](O)C(C)(C)O)C(C)(C)C[C@@H](O)C1=O. The summed E-state index contributed by atoms with van der Waals surface area (Å²) in [5.74, 6) is -0.173. The van der Waals surface area contributed by atoms with Crippen LogP contribution in [0.15, 0.2) is 142 Å². The highest BCUT2D eigenvalue weighted by Gasteiger charge is 2.36. The number of allylic oxidation sites excluding steroid dienone is 22. The van der Waals surface area contributed by atoms with Crippen LogP contribution in [0.3, 0.4) is 0 Å². The maximum absolute atomic E-state index is 12.2. The number of rotatable bonds is 13. The summed E-state index contributed by atoms with van der Waals surface area (Å²) >= 11 is 0. The summed E-state index contributed by atoms with van der Waals surface area (Å²) in [4.78, 5) is 12.2. The molecule has 0 saturated carbocycles. The van der Waals surface area contributed by atoms with Gasteiger partial charge in [0.1, 0.15) is 12.2 Å². The van der Waals surface area contributed by atoms with Crippen molar-refractivity contribution in [3.05, 3.63) is 142 Å². The molecule has 0 saturated heterocycles. The van der Waals surface area contributed by atoms with E-state index in [0.29, 0.717) is 12.0 Å². The number of hydrogen-bond acceptors (Lipinski definition) is 4. The third-order valence-corrected chi connectivity index (χ3v) is 7.27. The van der Waals surface area contributed by atoms with E-state index in [2.05, 4.69) is 52.0 Å². The standard InChI is InChI=1S/C40H54O4/c1-29(18-13-20-31(3)21-15-23-33(5)25-27-37(42)40(9,10)44)16-11-12-17-30(2)19-14-22-32(4)24-26-35-34(6)38(43)36(41)28-39(35,7)8/h11-27,36-37,41-42,44H,28H2,1-10H3/b12-11+,18-13+,19-14+,21-15+,26-24+,27-25+,29-16+,30-17+,31-20+,32-22+,33-23+/t36-,37+/m1/s1. The maximum atomic E-state index is 12.2. The van der Waals surface area contributed by atoms with E-state index in [1.807, 2.05) is 87.6 Å². The Kier molecular flexibility index (Phi) is 16.0. The van der Waals surface area contributed by atoms with Crippen molar-refractivity contribution in [2.45, 2.75) is 93.5 Å². The minimum absolute atomic E-state index is 0.173. The highest BCUT2D eigenvalue weighted by molar-refractivity contribution is 6.00. The number of aliphatic hydroxyl groups is 3. The van der Waals surface area contributed by atoms with Crippen molar-refractivity contribution in [3.63, 3.8) is 0 Å². The second-order valence-corrected chi connectivity index (χ2v) is 12.8. The molecule has 44 heavy (non-hydrogen) atoms. The van der Waals surface area contributed by atoms with Gasteiger partial charge >= 0.3 is 0 Å². The van der Waals surface area contributed by atoms with Crippen LogP contribution in [0.5, 0.6) is 0 Å². The first-order valence-electron chi connectivity index (χ1n) is 15.2. The van der Waals surface area contributed by atoms with Crippen LogP contribution in [0.4, 0.5) is 0 Å². The largest absolute Gasteiger partial charge is 0.387 e. The number of carbonyl (C=O) groups is 1. The molecule has 0 amide bonds. The molecular weight excluding hydrogens is 544 g/mol. The van der Waals surface area contributed by atoms with E-state index < -0.39 is 17.8 Å². The second-order valence-electron chi connectivity index (χ2n) is 12.8. The van der Waals surface area contributed by atoms with Gasteiger partial charge in [0, 0.05) is 0 Å². The summed E-state index contributed by atoms with van der Waals surface area (Å²) in [5.41, 5.74) is 5.66. The first-order chi connectivity index (χ1) is 20.4. The van der Waals surface area contributed by atoms with Gasteiger partial charge < -0.3 is 15.3 Å². The van der Waals surface area contributed by atoms with Gasteiger partial charge in [-0.3, -0.25) is 4.79 Å². The van der Waals surface area contributed by atoms with Gasteiger partial charge in [-0.25, -0.2) is 0 Å². The van der Waals surface area contributed by atoms with Crippen LogP contribution in [0.2, 0.25) is 0 Å².